The number of fused-ring (bicyclic) bond motifs is 2. The number of rotatable bonds is 6. The molecular weight excluding hydrogens is 759 g/mol. The summed E-state index contributed by atoms with van der Waals surface area (Å²) in [6.45, 7) is 28.8. The molecule has 0 atom stereocenters. The van der Waals surface area contributed by atoms with Crippen molar-refractivity contribution in [3.05, 3.63) is 129 Å². The summed E-state index contributed by atoms with van der Waals surface area (Å²) in [5.41, 5.74) is 10.6. The van der Waals surface area contributed by atoms with Crippen LogP contribution in [0.25, 0.3) is 11.1 Å². The second kappa shape index (κ2) is 15.2. The van der Waals surface area contributed by atoms with Crippen LogP contribution in [0.4, 0.5) is 0 Å². The van der Waals surface area contributed by atoms with Crippen molar-refractivity contribution in [2.24, 2.45) is 9.98 Å². The zero-order valence-electron chi connectivity index (χ0n) is 30.2. The average molecular weight is 809 g/mol. The summed E-state index contributed by atoms with van der Waals surface area (Å²) in [6, 6.07) is 21.5. The maximum atomic E-state index is 5.09. The Kier molecular flexibility index (Phi) is 13.5. The van der Waals surface area contributed by atoms with E-state index in [-0.39, 0.29) is 51.0 Å². The molecule has 0 saturated heterocycles. The van der Waals surface area contributed by atoms with Crippen LogP contribution in [0.1, 0.15) is 11.1 Å². The van der Waals surface area contributed by atoms with Crippen molar-refractivity contribution in [3.8, 4) is 0 Å². The van der Waals surface area contributed by atoms with Gasteiger partial charge in [0.25, 0.3) is 0 Å². The van der Waals surface area contributed by atoms with E-state index < -0.39 is 32.3 Å². The largest absolute Gasteiger partial charge is 2.00 e. The van der Waals surface area contributed by atoms with Gasteiger partial charge in [0, 0.05) is 21.8 Å². The first-order valence-corrected chi connectivity index (χ1v) is 30.0. The number of aliphatic imine (C=N–C) groups is 2. The van der Waals surface area contributed by atoms with E-state index in [1.54, 1.807) is 0 Å². The monoisotopic (exact) mass is 806 g/mol. The molecule has 2 aliphatic heterocycles. The van der Waals surface area contributed by atoms with Crippen LogP contribution in [0.5, 0.6) is 0 Å². The second-order valence-electron chi connectivity index (χ2n) is 16.5. The Balaban J connectivity index is 0.000000307. The minimum atomic E-state index is -1.40. The van der Waals surface area contributed by atoms with Crippen LogP contribution < -0.4 is 24.8 Å². The molecule has 0 N–H and O–H groups in total. The third kappa shape index (κ3) is 9.02. The smallest absolute Gasteiger partial charge is 1.00 e. The standard InChI is InChI=1S/2C19H25NSi2.2ClH.Zr/c2*1-21(2,3)17-12-15(14-10-8-7-9-11-14)16-13-18(20-19(16)17)22(4,5)6;;;/h2*7-13H,1-6H3;2*1H;/q;;;;+2/p-2. The van der Waals surface area contributed by atoms with E-state index >= 15 is 0 Å². The van der Waals surface area contributed by atoms with Gasteiger partial charge in [0.1, 0.15) is 16.1 Å². The van der Waals surface area contributed by atoms with E-state index in [4.69, 9.17) is 9.98 Å². The molecule has 0 spiro atoms. The molecule has 2 aromatic rings. The topological polar surface area (TPSA) is 24.7 Å². The van der Waals surface area contributed by atoms with Crippen molar-refractivity contribution in [2.45, 2.75) is 78.6 Å². The molecular formula is C38H50Cl2N2Si4Zr. The van der Waals surface area contributed by atoms with Gasteiger partial charge in [0.05, 0.1) is 27.5 Å². The molecule has 0 aromatic heterocycles. The summed E-state index contributed by atoms with van der Waals surface area (Å²) in [4.78, 5) is 10.2. The van der Waals surface area contributed by atoms with E-state index in [9.17, 15) is 0 Å². The molecule has 2 aliphatic carbocycles. The first-order valence-electron chi connectivity index (χ1n) is 16.0. The SMILES string of the molecule is C[Si](C)(C)C1=NC2=C([Si](C)(C)C)C=C(c3ccccc3)C2=C1.C[Si](C)(C)C1=NC2=C([Si](C)(C)C)C=C(c3ccccc3)C2=C1.[Cl-].[Cl-].[Zr+2]. The van der Waals surface area contributed by atoms with E-state index in [0.717, 1.165) is 0 Å². The van der Waals surface area contributed by atoms with Gasteiger partial charge in [-0.3, -0.25) is 9.98 Å². The molecule has 2 nitrogen and oxygen atoms in total. The van der Waals surface area contributed by atoms with E-state index in [2.05, 4.69) is 164 Å². The predicted octanol–water partition coefficient (Wildman–Crippen LogP) is 4.95. The molecule has 9 heteroatoms. The minimum absolute atomic E-state index is 0. The third-order valence-corrected chi connectivity index (χ3v) is 16.1. The number of benzene rings is 2. The van der Waals surface area contributed by atoms with Crippen LogP contribution in [0.15, 0.2) is 128 Å². The zero-order chi connectivity index (χ0) is 32.2. The van der Waals surface area contributed by atoms with E-state index in [0.29, 0.717) is 0 Å². The van der Waals surface area contributed by atoms with Crippen molar-refractivity contribution >= 4 is 54.1 Å². The van der Waals surface area contributed by atoms with Crippen LogP contribution in [0, 0.1) is 0 Å². The van der Waals surface area contributed by atoms with Crippen molar-refractivity contribution in [2.75, 3.05) is 0 Å². The van der Waals surface area contributed by atoms with Crippen LogP contribution in [0.2, 0.25) is 78.6 Å². The Morgan fingerprint density at radius 1 is 0.383 bits per heavy atom. The summed E-state index contributed by atoms with van der Waals surface area (Å²) in [5, 5.41) is 5.70. The molecule has 0 amide bonds. The van der Waals surface area contributed by atoms with Gasteiger partial charge in [0.15, 0.2) is 0 Å². The predicted molar refractivity (Wildman–Crippen MR) is 207 cm³/mol. The molecule has 6 rings (SSSR count). The van der Waals surface area contributed by atoms with Gasteiger partial charge in [-0.2, -0.15) is 0 Å². The Morgan fingerprint density at radius 3 is 0.936 bits per heavy atom. The fraction of sp³-hybridized carbons (Fsp3) is 0.316. The third-order valence-electron chi connectivity index (χ3n) is 8.53. The number of allylic oxidation sites excluding steroid dienone is 8. The second-order valence-corrected chi connectivity index (χ2v) is 36.6. The van der Waals surface area contributed by atoms with Gasteiger partial charge in [-0.25, -0.2) is 0 Å². The molecule has 2 heterocycles. The molecule has 0 radical (unpaired) electrons. The molecule has 0 unspecified atom stereocenters. The Bertz CT molecular complexity index is 1620. The van der Waals surface area contributed by atoms with Crippen LogP contribution >= 0.6 is 0 Å². The Morgan fingerprint density at radius 2 is 0.681 bits per heavy atom. The summed E-state index contributed by atoms with van der Waals surface area (Å²) in [6.07, 6.45) is 9.56. The quantitative estimate of drug-likeness (QED) is 0.370. The summed E-state index contributed by atoms with van der Waals surface area (Å²) in [5.74, 6) is 0. The molecule has 2 aromatic carbocycles. The normalized spacial score (nSPS) is 17.0. The van der Waals surface area contributed by atoms with Crippen molar-refractivity contribution < 1.29 is 51.0 Å². The van der Waals surface area contributed by atoms with Gasteiger partial charge in [-0.05, 0) is 44.8 Å². The first kappa shape index (κ1) is 41.7. The molecule has 0 saturated carbocycles. The summed E-state index contributed by atoms with van der Waals surface area (Å²) >= 11 is 0. The maximum absolute atomic E-state index is 5.09. The summed E-state index contributed by atoms with van der Waals surface area (Å²) < 4.78 is 0. The van der Waals surface area contributed by atoms with Gasteiger partial charge in [-0.15, -0.1) is 0 Å². The van der Waals surface area contributed by atoms with Gasteiger partial charge in [0.2, 0.25) is 0 Å². The van der Waals surface area contributed by atoms with Crippen molar-refractivity contribution in [3.63, 3.8) is 0 Å². The van der Waals surface area contributed by atoms with Crippen molar-refractivity contribution in [1.82, 2.24) is 0 Å². The van der Waals surface area contributed by atoms with Gasteiger partial charge in [-0.1, -0.05) is 151 Å². The molecule has 47 heavy (non-hydrogen) atoms. The van der Waals surface area contributed by atoms with Crippen LogP contribution in [-0.4, -0.2) is 43.0 Å². The fourth-order valence-corrected chi connectivity index (χ4v) is 10.9. The molecule has 4 aliphatic rings. The maximum Gasteiger partial charge on any atom is 2.00 e. The van der Waals surface area contributed by atoms with E-state index in [1.165, 1.54) is 65.9 Å². The van der Waals surface area contributed by atoms with Crippen LogP contribution in [0.3, 0.4) is 0 Å². The number of hydrogen-bond acceptors (Lipinski definition) is 2. The van der Waals surface area contributed by atoms with Crippen LogP contribution in [-0.2, 0) is 26.2 Å². The zero-order valence-corrected chi connectivity index (χ0v) is 38.2. The minimum Gasteiger partial charge on any atom is -1.00 e. The Labute approximate surface area is 320 Å². The molecule has 246 valence electrons. The molecule has 0 fully saturated rings. The Hall–Kier alpha value is -1.45. The number of nitrogens with zero attached hydrogens (tertiary/aromatic N) is 2. The fourth-order valence-electron chi connectivity index (χ4n) is 5.86. The average Bonchev–Trinajstić information content (AvgIpc) is 3.67. The van der Waals surface area contributed by atoms with Gasteiger partial charge < -0.3 is 24.8 Å². The number of halogens is 2. The van der Waals surface area contributed by atoms with Crippen molar-refractivity contribution in [1.29, 1.82) is 0 Å². The van der Waals surface area contributed by atoms with E-state index in [1.807, 2.05) is 0 Å². The summed E-state index contributed by atoms with van der Waals surface area (Å²) in [7, 11) is -5.57. The number of hydrogen-bond donors (Lipinski definition) is 0. The molecule has 0 bridgehead atoms. The van der Waals surface area contributed by atoms with Gasteiger partial charge >= 0.3 is 26.2 Å². The first-order chi connectivity index (χ1) is 20.4.